The summed E-state index contributed by atoms with van der Waals surface area (Å²) in [6.45, 7) is 2.06. The monoisotopic (exact) mass is 324 g/mol. The topological polar surface area (TPSA) is 92.2 Å². The van der Waals surface area contributed by atoms with Gasteiger partial charge in [-0.05, 0) is 30.2 Å². The SMILES string of the molecule is CCCc1cc(=O)[nH]c2cc(NC(=O)c3ccc(=O)oc3)ccc12. The number of H-pyrrole nitrogens is 1. The molecule has 6 nitrogen and oxygen atoms in total. The van der Waals surface area contributed by atoms with Gasteiger partial charge in [-0.25, -0.2) is 4.79 Å². The van der Waals surface area contributed by atoms with E-state index in [9.17, 15) is 14.4 Å². The first-order chi connectivity index (χ1) is 11.6. The quantitative estimate of drug-likeness (QED) is 0.772. The number of anilines is 1. The zero-order valence-corrected chi connectivity index (χ0v) is 13.1. The summed E-state index contributed by atoms with van der Waals surface area (Å²) in [5, 5.41) is 3.68. The maximum atomic E-state index is 12.2. The predicted molar refractivity (Wildman–Crippen MR) is 91.5 cm³/mol. The van der Waals surface area contributed by atoms with Crippen molar-refractivity contribution in [1.82, 2.24) is 4.98 Å². The Labute approximate surface area is 137 Å². The molecule has 0 spiro atoms. The number of aromatic nitrogens is 1. The Morgan fingerprint density at radius 2 is 2.00 bits per heavy atom. The van der Waals surface area contributed by atoms with E-state index in [1.807, 2.05) is 6.07 Å². The molecule has 6 heteroatoms. The van der Waals surface area contributed by atoms with Gasteiger partial charge in [-0.1, -0.05) is 19.4 Å². The fourth-order valence-corrected chi connectivity index (χ4v) is 2.58. The molecule has 0 saturated carbocycles. The highest BCUT2D eigenvalue weighted by Gasteiger charge is 2.09. The maximum absolute atomic E-state index is 12.2. The van der Waals surface area contributed by atoms with Crippen LogP contribution in [0.5, 0.6) is 0 Å². The molecule has 2 heterocycles. The van der Waals surface area contributed by atoms with Crippen LogP contribution in [0.1, 0.15) is 29.3 Å². The first kappa shape index (κ1) is 15.7. The lowest BCUT2D eigenvalue weighted by atomic mass is 10.0. The molecular formula is C18H16N2O4. The molecule has 0 aliphatic carbocycles. The molecule has 0 aliphatic rings. The lowest BCUT2D eigenvalue weighted by molar-refractivity contribution is 0.102. The molecule has 3 rings (SSSR count). The van der Waals surface area contributed by atoms with Crippen LogP contribution in [0.25, 0.3) is 10.9 Å². The number of hydrogen-bond acceptors (Lipinski definition) is 4. The smallest absolute Gasteiger partial charge is 0.335 e. The van der Waals surface area contributed by atoms with Crippen molar-refractivity contribution in [3.8, 4) is 0 Å². The Morgan fingerprint density at radius 1 is 1.17 bits per heavy atom. The summed E-state index contributed by atoms with van der Waals surface area (Å²) in [6.07, 6.45) is 2.87. The number of carbonyl (C=O) groups excluding carboxylic acids is 1. The van der Waals surface area contributed by atoms with Crippen molar-refractivity contribution in [2.75, 3.05) is 5.32 Å². The van der Waals surface area contributed by atoms with Gasteiger partial charge >= 0.3 is 5.63 Å². The Kier molecular flexibility index (Phi) is 4.29. The number of fused-ring (bicyclic) bond motifs is 1. The van der Waals surface area contributed by atoms with E-state index in [4.69, 9.17) is 0 Å². The highest BCUT2D eigenvalue weighted by atomic mass is 16.4. The van der Waals surface area contributed by atoms with Crippen LogP contribution in [0.3, 0.4) is 0 Å². The minimum absolute atomic E-state index is 0.167. The van der Waals surface area contributed by atoms with Crippen molar-refractivity contribution in [3.05, 3.63) is 74.6 Å². The van der Waals surface area contributed by atoms with Gasteiger partial charge in [0.1, 0.15) is 6.26 Å². The van der Waals surface area contributed by atoms with E-state index in [0.717, 1.165) is 30.1 Å². The summed E-state index contributed by atoms with van der Waals surface area (Å²) in [7, 11) is 0. The van der Waals surface area contributed by atoms with Gasteiger partial charge in [0.25, 0.3) is 5.91 Å². The molecule has 1 amide bonds. The summed E-state index contributed by atoms with van der Waals surface area (Å²) in [4.78, 5) is 37.7. The first-order valence-corrected chi connectivity index (χ1v) is 7.63. The van der Waals surface area contributed by atoms with Crippen molar-refractivity contribution < 1.29 is 9.21 Å². The average molecular weight is 324 g/mol. The van der Waals surface area contributed by atoms with Gasteiger partial charge < -0.3 is 14.7 Å². The Bertz CT molecular complexity index is 997. The lowest BCUT2D eigenvalue weighted by Gasteiger charge is -2.09. The fourth-order valence-electron chi connectivity index (χ4n) is 2.58. The van der Waals surface area contributed by atoms with Crippen LogP contribution < -0.4 is 16.5 Å². The van der Waals surface area contributed by atoms with E-state index in [1.165, 1.54) is 12.1 Å². The Balaban J connectivity index is 1.93. The van der Waals surface area contributed by atoms with Crippen molar-refractivity contribution in [1.29, 1.82) is 0 Å². The van der Waals surface area contributed by atoms with E-state index in [-0.39, 0.29) is 11.1 Å². The highest BCUT2D eigenvalue weighted by Crippen LogP contribution is 2.21. The first-order valence-electron chi connectivity index (χ1n) is 7.63. The number of pyridine rings is 1. The van der Waals surface area contributed by atoms with E-state index in [2.05, 4.69) is 21.6 Å². The lowest BCUT2D eigenvalue weighted by Crippen LogP contribution is -2.13. The number of benzene rings is 1. The predicted octanol–water partition coefficient (Wildman–Crippen LogP) is 2.69. The summed E-state index contributed by atoms with van der Waals surface area (Å²) >= 11 is 0. The van der Waals surface area contributed by atoms with Crippen molar-refractivity contribution in [3.63, 3.8) is 0 Å². The van der Waals surface area contributed by atoms with Gasteiger partial charge in [-0.3, -0.25) is 9.59 Å². The van der Waals surface area contributed by atoms with Crippen LogP contribution in [0.15, 0.2) is 56.7 Å². The second kappa shape index (κ2) is 6.54. The third-order valence-corrected chi connectivity index (χ3v) is 3.67. The van der Waals surface area contributed by atoms with Crippen LogP contribution in [0.4, 0.5) is 5.69 Å². The number of aryl methyl sites for hydroxylation is 1. The minimum atomic E-state index is -0.515. The molecule has 0 fully saturated rings. The molecule has 2 N–H and O–H groups in total. The summed E-state index contributed by atoms with van der Waals surface area (Å²) in [6, 6.07) is 9.55. The van der Waals surface area contributed by atoms with Gasteiger partial charge in [-0.2, -0.15) is 0 Å². The highest BCUT2D eigenvalue weighted by molar-refractivity contribution is 6.04. The fraction of sp³-hybridized carbons (Fsp3) is 0.167. The number of aromatic amines is 1. The Morgan fingerprint density at radius 3 is 2.71 bits per heavy atom. The second-order valence-electron chi connectivity index (χ2n) is 5.47. The van der Waals surface area contributed by atoms with E-state index >= 15 is 0 Å². The molecule has 0 saturated heterocycles. The minimum Gasteiger partial charge on any atom is -0.430 e. The second-order valence-corrected chi connectivity index (χ2v) is 5.47. The van der Waals surface area contributed by atoms with Gasteiger partial charge in [0.05, 0.1) is 11.1 Å². The third-order valence-electron chi connectivity index (χ3n) is 3.67. The van der Waals surface area contributed by atoms with Gasteiger partial charge in [0.15, 0.2) is 0 Å². The number of amides is 1. The summed E-state index contributed by atoms with van der Waals surface area (Å²) in [5.41, 5.74) is 1.76. The van der Waals surface area contributed by atoms with E-state index in [0.29, 0.717) is 11.2 Å². The number of carbonyl (C=O) groups is 1. The normalized spacial score (nSPS) is 10.7. The third kappa shape index (κ3) is 3.27. The van der Waals surface area contributed by atoms with Gasteiger partial charge in [0.2, 0.25) is 5.56 Å². The summed E-state index contributed by atoms with van der Waals surface area (Å²) in [5.74, 6) is -0.398. The molecule has 0 atom stereocenters. The molecule has 1 aromatic carbocycles. The molecule has 0 bridgehead atoms. The summed E-state index contributed by atoms with van der Waals surface area (Å²) < 4.78 is 4.68. The standard InChI is InChI=1S/C18H16N2O4/c1-2-3-11-8-16(21)20-15-9-13(5-6-14(11)15)19-18(23)12-4-7-17(22)24-10-12/h4-10H,2-3H2,1H3,(H,19,23)(H,20,21). The van der Waals surface area contributed by atoms with Crippen LogP contribution in [0.2, 0.25) is 0 Å². The van der Waals surface area contributed by atoms with Crippen LogP contribution in [0, 0.1) is 0 Å². The van der Waals surface area contributed by atoms with Crippen LogP contribution in [-0.2, 0) is 6.42 Å². The van der Waals surface area contributed by atoms with Crippen molar-refractivity contribution in [2.24, 2.45) is 0 Å². The molecule has 0 aliphatic heterocycles. The molecule has 2 aromatic heterocycles. The van der Waals surface area contributed by atoms with Gasteiger partial charge in [0, 0.05) is 23.2 Å². The van der Waals surface area contributed by atoms with E-state index < -0.39 is 11.5 Å². The molecule has 122 valence electrons. The molecular weight excluding hydrogens is 308 g/mol. The zero-order chi connectivity index (χ0) is 17.1. The average Bonchev–Trinajstić information content (AvgIpc) is 2.55. The number of nitrogens with one attached hydrogen (secondary N) is 2. The molecule has 24 heavy (non-hydrogen) atoms. The maximum Gasteiger partial charge on any atom is 0.335 e. The largest absolute Gasteiger partial charge is 0.430 e. The van der Waals surface area contributed by atoms with Crippen LogP contribution >= 0.6 is 0 Å². The molecule has 0 radical (unpaired) electrons. The Hall–Kier alpha value is -3.15. The van der Waals surface area contributed by atoms with Crippen molar-refractivity contribution in [2.45, 2.75) is 19.8 Å². The number of hydrogen-bond donors (Lipinski definition) is 2. The number of rotatable bonds is 4. The van der Waals surface area contributed by atoms with Crippen molar-refractivity contribution >= 4 is 22.5 Å². The van der Waals surface area contributed by atoms with E-state index in [1.54, 1.807) is 18.2 Å². The molecule has 3 aromatic rings. The van der Waals surface area contributed by atoms with Gasteiger partial charge in [-0.15, -0.1) is 0 Å². The van der Waals surface area contributed by atoms with Crippen LogP contribution in [-0.4, -0.2) is 10.9 Å². The molecule has 0 unspecified atom stereocenters. The zero-order valence-electron chi connectivity index (χ0n) is 13.1.